The Morgan fingerprint density at radius 1 is 0.593 bits per heavy atom. The quantitative estimate of drug-likeness (QED) is 0.490. The maximum absolute atomic E-state index is 13.8. The highest BCUT2D eigenvalue weighted by Crippen LogP contribution is 2.27. The summed E-state index contributed by atoms with van der Waals surface area (Å²) < 4.78 is 27.7. The lowest BCUT2D eigenvalue weighted by Crippen LogP contribution is -2.02. The molecule has 27 heavy (non-hydrogen) atoms. The van der Waals surface area contributed by atoms with Gasteiger partial charge in [-0.1, -0.05) is 48.0 Å². The minimum Gasteiger partial charge on any atom is -0.206 e. The molecular formula is C20H11ClF2N4. The van der Waals surface area contributed by atoms with E-state index in [4.69, 9.17) is 11.6 Å². The fraction of sp³-hybridized carbons (Fsp3) is 0. The first-order chi connectivity index (χ1) is 13.1. The second kappa shape index (κ2) is 7.17. The maximum atomic E-state index is 13.8. The van der Waals surface area contributed by atoms with Crippen molar-refractivity contribution in [3.05, 3.63) is 83.4 Å². The molecule has 7 heteroatoms. The fourth-order valence-electron chi connectivity index (χ4n) is 2.66. The Morgan fingerprint density at radius 2 is 1.11 bits per heavy atom. The lowest BCUT2D eigenvalue weighted by Gasteiger charge is -2.06. The molecule has 0 saturated heterocycles. The predicted octanol–water partition coefficient (Wildman–Crippen LogP) is 5.20. The van der Waals surface area contributed by atoms with E-state index in [0.717, 1.165) is 23.3 Å². The van der Waals surface area contributed by atoms with Crippen LogP contribution in [0.2, 0.25) is 5.02 Å². The fourth-order valence-corrected chi connectivity index (χ4v) is 2.85. The summed E-state index contributed by atoms with van der Waals surface area (Å²) in [5.74, 6) is -1.50. The molecule has 0 spiro atoms. The molecule has 0 atom stereocenters. The van der Waals surface area contributed by atoms with Crippen LogP contribution >= 0.6 is 11.6 Å². The van der Waals surface area contributed by atoms with Gasteiger partial charge in [-0.15, -0.1) is 20.4 Å². The van der Waals surface area contributed by atoms with Gasteiger partial charge in [0.2, 0.25) is 11.6 Å². The molecule has 3 aromatic carbocycles. The van der Waals surface area contributed by atoms with Crippen LogP contribution in [0.1, 0.15) is 0 Å². The molecule has 132 valence electrons. The number of benzene rings is 3. The van der Waals surface area contributed by atoms with E-state index in [-0.39, 0.29) is 17.2 Å². The first kappa shape index (κ1) is 17.2. The van der Waals surface area contributed by atoms with Crippen LogP contribution in [0.15, 0.2) is 66.7 Å². The normalized spacial score (nSPS) is 10.8. The van der Waals surface area contributed by atoms with Gasteiger partial charge in [-0.2, -0.15) is 0 Å². The van der Waals surface area contributed by atoms with Crippen molar-refractivity contribution in [2.24, 2.45) is 0 Å². The van der Waals surface area contributed by atoms with Gasteiger partial charge < -0.3 is 0 Å². The van der Waals surface area contributed by atoms with Gasteiger partial charge in [-0.3, -0.25) is 0 Å². The van der Waals surface area contributed by atoms with Crippen LogP contribution in [0.3, 0.4) is 0 Å². The standard InChI is InChI=1S/C20H11ClF2N4/c21-15-7-2-5-13(11-15)12-4-1-6-14(10-12)19-24-26-20(27-25-19)18-16(22)8-3-9-17(18)23/h1-11H. The highest BCUT2D eigenvalue weighted by atomic mass is 35.5. The minimum atomic E-state index is -0.769. The molecule has 0 N–H and O–H groups in total. The summed E-state index contributed by atoms with van der Waals surface area (Å²) in [4.78, 5) is 0. The number of aromatic nitrogens is 4. The Balaban J connectivity index is 1.70. The number of nitrogens with zero attached hydrogens (tertiary/aromatic N) is 4. The molecule has 0 aliphatic carbocycles. The molecule has 4 rings (SSSR count). The number of hydrogen-bond acceptors (Lipinski definition) is 4. The summed E-state index contributed by atoms with van der Waals surface area (Å²) in [6.07, 6.45) is 0. The molecule has 0 radical (unpaired) electrons. The Bertz CT molecular complexity index is 1100. The summed E-state index contributed by atoms with van der Waals surface area (Å²) in [6, 6.07) is 18.4. The second-order valence-electron chi connectivity index (χ2n) is 5.74. The summed E-state index contributed by atoms with van der Waals surface area (Å²) >= 11 is 6.05. The van der Waals surface area contributed by atoms with Crippen LogP contribution in [-0.2, 0) is 0 Å². The summed E-state index contributed by atoms with van der Waals surface area (Å²) in [6.45, 7) is 0. The molecule has 0 fully saturated rings. The van der Waals surface area contributed by atoms with Crippen molar-refractivity contribution in [1.29, 1.82) is 0 Å². The molecule has 4 aromatic rings. The molecule has 0 aliphatic heterocycles. The molecule has 1 aromatic heterocycles. The van der Waals surface area contributed by atoms with E-state index in [0.29, 0.717) is 10.6 Å². The first-order valence-electron chi connectivity index (χ1n) is 8.00. The third-order valence-electron chi connectivity index (χ3n) is 3.94. The lowest BCUT2D eigenvalue weighted by atomic mass is 10.0. The first-order valence-corrected chi connectivity index (χ1v) is 8.38. The van der Waals surface area contributed by atoms with Gasteiger partial charge in [-0.25, -0.2) is 8.78 Å². The third-order valence-corrected chi connectivity index (χ3v) is 4.18. The smallest absolute Gasteiger partial charge is 0.206 e. The van der Waals surface area contributed by atoms with Crippen LogP contribution in [0, 0.1) is 11.6 Å². The zero-order chi connectivity index (χ0) is 18.8. The largest absolute Gasteiger partial charge is 0.209 e. The van der Waals surface area contributed by atoms with Crippen molar-refractivity contribution in [3.63, 3.8) is 0 Å². The average molecular weight is 381 g/mol. The van der Waals surface area contributed by atoms with Crippen molar-refractivity contribution >= 4 is 11.6 Å². The highest BCUT2D eigenvalue weighted by Gasteiger charge is 2.15. The highest BCUT2D eigenvalue weighted by molar-refractivity contribution is 6.30. The van der Waals surface area contributed by atoms with Gasteiger partial charge in [0, 0.05) is 10.6 Å². The van der Waals surface area contributed by atoms with Gasteiger partial charge >= 0.3 is 0 Å². The topological polar surface area (TPSA) is 51.6 Å². The average Bonchev–Trinajstić information content (AvgIpc) is 2.68. The van der Waals surface area contributed by atoms with E-state index in [1.165, 1.54) is 6.07 Å². The van der Waals surface area contributed by atoms with Crippen molar-refractivity contribution in [1.82, 2.24) is 20.4 Å². The van der Waals surface area contributed by atoms with Crippen molar-refractivity contribution < 1.29 is 8.78 Å². The Kier molecular flexibility index (Phi) is 4.56. The molecule has 1 heterocycles. The number of rotatable bonds is 3. The lowest BCUT2D eigenvalue weighted by molar-refractivity contribution is 0.585. The molecule has 4 nitrogen and oxygen atoms in total. The van der Waals surface area contributed by atoms with Gasteiger partial charge in [0.1, 0.15) is 11.6 Å². The van der Waals surface area contributed by atoms with Gasteiger partial charge in [-0.05, 0) is 41.5 Å². The van der Waals surface area contributed by atoms with E-state index < -0.39 is 11.6 Å². The van der Waals surface area contributed by atoms with Crippen molar-refractivity contribution in [3.8, 4) is 33.9 Å². The zero-order valence-corrected chi connectivity index (χ0v) is 14.5. The predicted molar refractivity (Wildman–Crippen MR) is 98.9 cm³/mol. The van der Waals surface area contributed by atoms with Crippen LogP contribution in [0.25, 0.3) is 33.9 Å². The molecule has 0 bridgehead atoms. The molecule has 0 saturated carbocycles. The Labute approximate surface area is 158 Å². The van der Waals surface area contributed by atoms with Crippen molar-refractivity contribution in [2.45, 2.75) is 0 Å². The van der Waals surface area contributed by atoms with E-state index >= 15 is 0 Å². The SMILES string of the molecule is Fc1cccc(F)c1-c1nnc(-c2cccc(-c3cccc(Cl)c3)c2)nn1. The second-order valence-corrected chi connectivity index (χ2v) is 6.17. The summed E-state index contributed by atoms with van der Waals surface area (Å²) in [7, 11) is 0. The van der Waals surface area contributed by atoms with Crippen LogP contribution < -0.4 is 0 Å². The molecule has 0 aliphatic rings. The third kappa shape index (κ3) is 3.52. The summed E-state index contributed by atoms with van der Waals surface area (Å²) in [5.41, 5.74) is 2.18. The van der Waals surface area contributed by atoms with Crippen LogP contribution in [0.4, 0.5) is 8.78 Å². The van der Waals surface area contributed by atoms with E-state index in [1.54, 1.807) is 12.1 Å². The van der Waals surface area contributed by atoms with Gasteiger partial charge in [0.25, 0.3) is 0 Å². The zero-order valence-electron chi connectivity index (χ0n) is 13.8. The molecular weight excluding hydrogens is 370 g/mol. The minimum absolute atomic E-state index is 0.208. The van der Waals surface area contributed by atoms with E-state index in [9.17, 15) is 8.78 Å². The monoisotopic (exact) mass is 380 g/mol. The molecule has 0 unspecified atom stereocenters. The van der Waals surface area contributed by atoms with Gasteiger partial charge in [0.15, 0.2) is 0 Å². The maximum Gasteiger partial charge on any atom is 0.209 e. The van der Waals surface area contributed by atoms with Crippen molar-refractivity contribution in [2.75, 3.05) is 0 Å². The Hall–Kier alpha value is -3.25. The molecule has 0 amide bonds. The Morgan fingerprint density at radius 3 is 1.78 bits per heavy atom. The van der Waals surface area contributed by atoms with Crippen LogP contribution in [-0.4, -0.2) is 20.4 Å². The van der Waals surface area contributed by atoms with E-state index in [2.05, 4.69) is 20.4 Å². The van der Waals surface area contributed by atoms with Crippen LogP contribution in [0.5, 0.6) is 0 Å². The van der Waals surface area contributed by atoms with E-state index in [1.807, 2.05) is 36.4 Å². The number of hydrogen-bond donors (Lipinski definition) is 0. The summed E-state index contributed by atoms with van der Waals surface area (Å²) in [5, 5.41) is 16.3. The number of halogens is 3. The van der Waals surface area contributed by atoms with Gasteiger partial charge in [0.05, 0.1) is 5.56 Å².